The lowest BCUT2D eigenvalue weighted by Gasteiger charge is -2.21. The van der Waals surface area contributed by atoms with E-state index in [0.29, 0.717) is 13.2 Å². The zero-order valence-corrected chi connectivity index (χ0v) is 13.3. The standard InChI is InChI=1S/C14H26O6S/c1-21(17,18)20-9-12-6-5-11(14(12)16)8-19-7-10-3-2-4-13(10)15/h10-16H,2-9H2,1H3. The lowest BCUT2D eigenvalue weighted by molar-refractivity contribution is -0.00528. The summed E-state index contributed by atoms with van der Waals surface area (Å²) in [6.07, 6.45) is 4.64. The molecule has 0 aromatic rings. The number of aliphatic hydroxyl groups is 2. The third kappa shape index (κ3) is 5.17. The van der Waals surface area contributed by atoms with Crippen LogP contribution in [0.1, 0.15) is 32.1 Å². The predicted molar refractivity (Wildman–Crippen MR) is 77.2 cm³/mol. The van der Waals surface area contributed by atoms with Gasteiger partial charge in [0.1, 0.15) is 0 Å². The van der Waals surface area contributed by atoms with Crippen LogP contribution in [-0.4, -0.2) is 56.9 Å². The van der Waals surface area contributed by atoms with Crippen molar-refractivity contribution in [3.05, 3.63) is 0 Å². The molecule has 21 heavy (non-hydrogen) atoms. The van der Waals surface area contributed by atoms with Gasteiger partial charge in [0, 0.05) is 17.8 Å². The molecule has 0 amide bonds. The summed E-state index contributed by atoms with van der Waals surface area (Å²) < 4.78 is 32.4. The van der Waals surface area contributed by atoms with Gasteiger partial charge in [0.15, 0.2) is 0 Å². The molecular weight excluding hydrogens is 296 g/mol. The Labute approximate surface area is 126 Å². The fourth-order valence-corrected chi connectivity index (χ4v) is 3.73. The Hall–Kier alpha value is -0.210. The minimum absolute atomic E-state index is 0.0247. The van der Waals surface area contributed by atoms with E-state index in [0.717, 1.165) is 38.4 Å². The van der Waals surface area contributed by atoms with E-state index < -0.39 is 16.2 Å². The molecule has 124 valence electrons. The van der Waals surface area contributed by atoms with Crippen LogP contribution in [0.5, 0.6) is 0 Å². The number of hydrogen-bond donors (Lipinski definition) is 2. The Morgan fingerprint density at radius 3 is 2.14 bits per heavy atom. The molecule has 0 saturated heterocycles. The van der Waals surface area contributed by atoms with Crippen LogP contribution in [0.2, 0.25) is 0 Å². The molecule has 2 N–H and O–H groups in total. The number of aliphatic hydroxyl groups excluding tert-OH is 2. The molecule has 7 heteroatoms. The smallest absolute Gasteiger partial charge is 0.264 e. The maximum atomic E-state index is 11.0. The highest BCUT2D eigenvalue weighted by Crippen LogP contribution is 2.33. The molecule has 2 aliphatic carbocycles. The van der Waals surface area contributed by atoms with Gasteiger partial charge < -0.3 is 14.9 Å². The molecule has 2 rings (SSSR count). The fraction of sp³-hybridized carbons (Fsp3) is 1.00. The van der Waals surface area contributed by atoms with E-state index in [9.17, 15) is 18.6 Å². The lowest BCUT2D eigenvalue weighted by Crippen LogP contribution is -2.29. The first-order chi connectivity index (χ1) is 9.87. The van der Waals surface area contributed by atoms with E-state index in [4.69, 9.17) is 8.92 Å². The molecule has 0 bridgehead atoms. The van der Waals surface area contributed by atoms with E-state index in [2.05, 4.69) is 0 Å². The van der Waals surface area contributed by atoms with Crippen molar-refractivity contribution in [2.24, 2.45) is 17.8 Å². The summed E-state index contributed by atoms with van der Waals surface area (Å²) in [6, 6.07) is 0. The molecule has 2 aliphatic rings. The molecule has 6 nitrogen and oxygen atoms in total. The average molecular weight is 322 g/mol. The van der Waals surface area contributed by atoms with Gasteiger partial charge >= 0.3 is 0 Å². The first kappa shape index (κ1) is 17.1. The topological polar surface area (TPSA) is 93.1 Å². The van der Waals surface area contributed by atoms with Gasteiger partial charge in [-0.05, 0) is 25.7 Å². The maximum Gasteiger partial charge on any atom is 0.264 e. The van der Waals surface area contributed by atoms with Crippen LogP contribution >= 0.6 is 0 Å². The molecule has 0 aromatic carbocycles. The molecule has 5 unspecified atom stereocenters. The van der Waals surface area contributed by atoms with Gasteiger partial charge in [-0.1, -0.05) is 6.42 Å². The van der Waals surface area contributed by atoms with Gasteiger partial charge in [0.2, 0.25) is 0 Å². The monoisotopic (exact) mass is 322 g/mol. The van der Waals surface area contributed by atoms with Gasteiger partial charge in [0.25, 0.3) is 10.1 Å². The SMILES string of the molecule is CS(=O)(=O)OCC1CCC(COCC2CCCC2O)C1O. The molecule has 0 aromatic heterocycles. The molecule has 2 saturated carbocycles. The lowest BCUT2D eigenvalue weighted by atomic mass is 10.0. The molecule has 0 radical (unpaired) electrons. The highest BCUT2D eigenvalue weighted by Gasteiger charge is 2.36. The van der Waals surface area contributed by atoms with Crippen molar-refractivity contribution in [3.8, 4) is 0 Å². The van der Waals surface area contributed by atoms with Crippen LogP contribution in [-0.2, 0) is 19.0 Å². The van der Waals surface area contributed by atoms with Crippen LogP contribution < -0.4 is 0 Å². The molecule has 0 heterocycles. The number of ether oxygens (including phenoxy) is 1. The van der Waals surface area contributed by atoms with Crippen LogP contribution in [0.3, 0.4) is 0 Å². The van der Waals surface area contributed by atoms with Crippen molar-refractivity contribution in [1.82, 2.24) is 0 Å². The molecule has 0 aliphatic heterocycles. The number of rotatable bonds is 7. The quantitative estimate of drug-likeness (QED) is 0.664. The van der Waals surface area contributed by atoms with Crippen molar-refractivity contribution in [3.63, 3.8) is 0 Å². The highest BCUT2D eigenvalue weighted by atomic mass is 32.2. The summed E-state index contributed by atoms with van der Waals surface area (Å²) in [4.78, 5) is 0. The molecule has 5 atom stereocenters. The summed E-state index contributed by atoms with van der Waals surface area (Å²) >= 11 is 0. The molecule has 2 fully saturated rings. The number of hydrogen-bond acceptors (Lipinski definition) is 6. The summed E-state index contributed by atoms with van der Waals surface area (Å²) in [6.45, 7) is 1.03. The Morgan fingerprint density at radius 2 is 1.57 bits per heavy atom. The Morgan fingerprint density at radius 1 is 0.952 bits per heavy atom. The fourth-order valence-electron chi connectivity index (χ4n) is 3.31. The summed E-state index contributed by atoms with van der Waals surface area (Å²) in [5.41, 5.74) is 0. The van der Waals surface area contributed by atoms with Crippen molar-refractivity contribution < 1.29 is 27.6 Å². The maximum absolute atomic E-state index is 11.0. The Bertz CT molecular complexity index is 423. The van der Waals surface area contributed by atoms with E-state index in [1.165, 1.54) is 0 Å². The minimum atomic E-state index is -3.46. The van der Waals surface area contributed by atoms with E-state index >= 15 is 0 Å². The van der Waals surface area contributed by atoms with Crippen LogP contribution in [0.15, 0.2) is 0 Å². The van der Waals surface area contributed by atoms with E-state index in [-0.39, 0.29) is 30.5 Å². The second-order valence-electron chi connectivity index (χ2n) is 6.37. The second-order valence-corrected chi connectivity index (χ2v) is 8.02. The average Bonchev–Trinajstić information content (AvgIpc) is 2.95. The third-order valence-electron chi connectivity index (χ3n) is 4.65. The largest absolute Gasteiger partial charge is 0.393 e. The summed E-state index contributed by atoms with van der Waals surface area (Å²) in [5, 5.41) is 19.9. The van der Waals surface area contributed by atoms with Crippen molar-refractivity contribution in [2.75, 3.05) is 26.1 Å². The van der Waals surface area contributed by atoms with Crippen molar-refractivity contribution in [1.29, 1.82) is 0 Å². The van der Waals surface area contributed by atoms with Crippen LogP contribution in [0.25, 0.3) is 0 Å². The van der Waals surface area contributed by atoms with Gasteiger partial charge in [-0.3, -0.25) is 4.18 Å². The van der Waals surface area contributed by atoms with Crippen LogP contribution in [0, 0.1) is 17.8 Å². The second kappa shape index (κ2) is 7.37. The van der Waals surface area contributed by atoms with Crippen molar-refractivity contribution in [2.45, 2.75) is 44.3 Å². The highest BCUT2D eigenvalue weighted by molar-refractivity contribution is 7.85. The first-order valence-corrected chi connectivity index (χ1v) is 9.46. The third-order valence-corrected chi connectivity index (χ3v) is 5.22. The minimum Gasteiger partial charge on any atom is -0.393 e. The van der Waals surface area contributed by atoms with Gasteiger partial charge in [-0.15, -0.1) is 0 Å². The van der Waals surface area contributed by atoms with Gasteiger partial charge in [-0.25, -0.2) is 0 Å². The summed E-state index contributed by atoms with van der Waals surface area (Å²) in [7, 11) is -3.46. The van der Waals surface area contributed by atoms with Crippen molar-refractivity contribution >= 4 is 10.1 Å². The Balaban J connectivity index is 1.68. The zero-order chi connectivity index (χ0) is 15.5. The Kier molecular flexibility index (Phi) is 6.02. The first-order valence-electron chi connectivity index (χ1n) is 7.65. The van der Waals surface area contributed by atoms with Gasteiger partial charge in [0.05, 0.1) is 38.3 Å². The zero-order valence-electron chi connectivity index (χ0n) is 12.5. The molecule has 0 spiro atoms. The normalized spacial score (nSPS) is 37.2. The van der Waals surface area contributed by atoms with Crippen LogP contribution in [0.4, 0.5) is 0 Å². The van der Waals surface area contributed by atoms with Gasteiger partial charge in [-0.2, -0.15) is 8.42 Å². The predicted octanol–water partition coefficient (Wildman–Crippen LogP) is 0.527. The molecular formula is C14H26O6S. The summed E-state index contributed by atoms with van der Waals surface area (Å²) in [5.74, 6) is 0.0926. The van der Waals surface area contributed by atoms with E-state index in [1.54, 1.807) is 0 Å². The van der Waals surface area contributed by atoms with E-state index in [1.807, 2.05) is 0 Å².